The molecule has 0 heterocycles. The van der Waals surface area contributed by atoms with Crippen LogP contribution in [0.5, 0.6) is 0 Å². The number of amides is 1. The molecule has 6 nitrogen and oxygen atoms in total. The summed E-state index contributed by atoms with van der Waals surface area (Å²) in [4.78, 5) is 15.9. The predicted octanol–water partition coefficient (Wildman–Crippen LogP) is 1.43. The highest BCUT2D eigenvalue weighted by atomic mass is 32.2. The number of carbonyl (C=O) groups is 1. The predicted molar refractivity (Wildman–Crippen MR) is 81.4 cm³/mol. The van der Waals surface area contributed by atoms with Crippen LogP contribution in [0.4, 0.5) is 4.79 Å². The van der Waals surface area contributed by atoms with Crippen molar-refractivity contribution in [2.75, 3.05) is 5.88 Å². The molecule has 1 aromatic rings. The summed E-state index contributed by atoms with van der Waals surface area (Å²) in [7, 11) is 0. The monoisotopic (exact) mass is 296 g/mol. The number of hydrogen-bond acceptors (Lipinski definition) is 4. The Morgan fingerprint density at radius 2 is 2.10 bits per heavy atom. The Kier molecular flexibility index (Phi) is 5.84. The SMILES string of the molecule is CC(C)(Cc1cccc(SCN)c1)OC(=O)N=C(N)N. The summed E-state index contributed by atoms with van der Waals surface area (Å²) < 4.78 is 5.23. The van der Waals surface area contributed by atoms with Gasteiger partial charge >= 0.3 is 6.09 Å². The van der Waals surface area contributed by atoms with Gasteiger partial charge < -0.3 is 21.9 Å². The fraction of sp³-hybridized carbons (Fsp3) is 0.385. The topological polar surface area (TPSA) is 117 Å². The molecule has 0 saturated heterocycles. The molecule has 0 unspecified atom stereocenters. The van der Waals surface area contributed by atoms with E-state index in [1.54, 1.807) is 25.6 Å². The highest BCUT2D eigenvalue weighted by Crippen LogP contribution is 2.22. The zero-order valence-electron chi connectivity index (χ0n) is 11.6. The highest BCUT2D eigenvalue weighted by Gasteiger charge is 2.23. The maximum absolute atomic E-state index is 11.4. The zero-order valence-corrected chi connectivity index (χ0v) is 12.4. The molecule has 0 aliphatic rings. The maximum Gasteiger partial charge on any atom is 0.437 e. The van der Waals surface area contributed by atoms with Crippen LogP contribution >= 0.6 is 11.8 Å². The molecule has 0 aromatic heterocycles. The molecular weight excluding hydrogens is 276 g/mol. The second-order valence-electron chi connectivity index (χ2n) is 4.80. The molecule has 110 valence electrons. The van der Waals surface area contributed by atoms with Gasteiger partial charge in [0.25, 0.3) is 0 Å². The fourth-order valence-electron chi connectivity index (χ4n) is 1.73. The molecule has 7 heteroatoms. The van der Waals surface area contributed by atoms with E-state index in [1.807, 2.05) is 24.3 Å². The van der Waals surface area contributed by atoms with E-state index in [9.17, 15) is 4.79 Å². The number of aliphatic imine (C=N–C) groups is 1. The molecule has 0 atom stereocenters. The number of hydrogen-bond donors (Lipinski definition) is 3. The smallest absolute Gasteiger partial charge is 0.437 e. The summed E-state index contributed by atoms with van der Waals surface area (Å²) >= 11 is 1.55. The molecule has 20 heavy (non-hydrogen) atoms. The summed E-state index contributed by atoms with van der Waals surface area (Å²) in [6.07, 6.45) is -0.236. The van der Waals surface area contributed by atoms with Gasteiger partial charge in [-0.25, -0.2) is 4.79 Å². The molecule has 1 rings (SSSR count). The number of rotatable bonds is 5. The number of ether oxygens (including phenoxy) is 1. The van der Waals surface area contributed by atoms with Crippen LogP contribution in [0, 0.1) is 0 Å². The number of carbonyl (C=O) groups excluding carboxylic acids is 1. The van der Waals surface area contributed by atoms with Crippen molar-refractivity contribution in [2.45, 2.75) is 30.8 Å². The van der Waals surface area contributed by atoms with Gasteiger partial charge in [0.15, 0.2) is 5.96 Å². The average Bonchev–Trinajstić information content (AvgIpc) is 2.26. The third-order valence-electron chi connectivity index (χ3n) is 2.36. The minimum Gasteiger partial charge on any atom is -0.441 e. The molecule has 0 saturated carbocycles. The Bertz CT molecular complexity index is 499. The van der Waals surface area contributed by atoms with Gasteiger partial charge in [0.2, 0.25) is 0 Å². The highest BCUT2D eigenvalue weighted by molar-refractivity contribution is 7.99. The zero-order chi connectivity index (χ0) is 15.2. The van der Waals surface area contributed by atoms with E-state index >= 15 is 0 Å². The van der Waals surface area contributed by atoms with Crippen molar-refractivity contribution in [1.29, 1.82) is 0 Å². The number of nitrogens with two attached hydrogens (primary N) is 3. The van der Waals surface area contributed by atoms with Gasteiger partial charge in [-0.05, 0) is 31.5 Å². The first kappa shape index (κ1) is 16.3. The number of thioether (sulfide) groups is 1. The number of guanidine groups is 1. The van der Waals surface area contributed by atoms with E-state index in [-0.39, 0.29) is 5.96 Å². The molecular formula is C13H20N4O2S. The van der Waals surface area contributed by atoms with E-state index in [1.165, 1.54) is 0 Å². The number of nitrogens with zero attached hydrogens (tertiary/aromatic N) is 1. The molecule has 0 spiro atoms. The minimum absolute atomic E-state index is 0.313. The van der Waals surface area contributed by atoms with Gasteiger partial charge in [0.05, 0.1) is 0 Å². The van der Waals surface area contributed by atoms with Crippen LogP contribution < -0.4 is 17.2 Å². The standard InChI is InChI=1S/C13H20N4O2S/c1-13(2,19-12(18)17-11(15)16)7-9-4-3-5-10(6-9)20-8-14/h3-6H,7-8,14H2,1-2H3,(H4,15,16,17,18). The third kappa shape index (κ3) is 5.94. The lowest BCUT2D eigenvalue weighted by molar-refractivity contribution is 0.0464. The van der Waals surface area contributed by atoms with Crippen molar-refractivity contribution in [3.05, 3.63) is 29.8 Å². The first-order chi connectivity index (χ1) is 9.32. The van der Waals surface area contributed by atoms with Crippen LogP contribution in [-0.4, -0.2) is 23.5 Å². The Hall–Kier alpha value is -1.73. The molecule has 6 N–H and O–H groups in total. The van der Waals surface area contributed by atoms with Gasteiger partial charge in [0.1, 0.15) is 5.60 Å². The van der Waals surface area contributed by atoms with Crippen LogP contribution in [0.15, 0.2) is 34.2 Å². The van der Waals surface area contributed by atoms with Gasteiger partial charge in [-0.15, -0.1) is 16.8 Å². The lowest BCUT2D eigenvalue weighted by atomic mass is 9.98. The molecule has 0 bridgehead atoms. The lowest BCUT2D eigenvalue weighted by Gasteiger charge is -2.24. The molecule has 0 fully saturated rings. The van der Waals surface area contributed by atoms with Crippen LogP contribution in [0.1, 0.15) is 19.4 Å². The normalized spacial score (nSPS) is 10.9. The van der Waals surface area contributed by atoms with Crippen LogP contribution in [0.2, 0.25) is 0 Å². The van der Waals surface area contributed by atoms with Crippen LogP contribution in [0.3, 0.4) is 0 Å². The van der Waals surface area contributed by atoms with Crippen molar-refractivity contribution in [2.24, 2.45) is 22.2 Å². The molecule has 1 aromatic carbocycles. The fourth-order valence-corrected chi connectivity index (χ4v) is 2.34. The Balaban J connectivity index is 2.72. The summed E-state index contributed by atoms with van der Waals surface area (Å²) in [6.45, 7) is 3.60. The summed E-state index contributed by atoms with van der Waals surface area (Å²) in [5.74, 6) is 0.207. The van der Waals surface area contributed by atoms with Crippen molar-refractivity contribution >= 4 is 23.8 Å². The van der Waals surface area contributed by atoms with Crippen molar-refractivity contribution in [3.63, 3.8) is 0 Å². The summed E-state index contributed by atoms with van der Waals surface area (Å²) in [5, 5.41) is 0. The van der Waals surface area contributed by atoms with Crippen molar-refractivity contribution < 1.29 is 9.53 Å². The Morgan fingerprint density at radius 1 is 1.40 bits per heavy atom. The van der Waals surface area contributed by atoms with Crippen molar-refractivity contribution in [1.82, 2.24) is 0 Å². The summed E-state index contributed by atoms with van der Waals surface area (Å²) in [6, 6.07) is 7.92. The minimum atomic E-state index is -0.789. The van der Waals surface area contributed by atoms with Gasteiger partial charge in [-0.2, -0.15) is 0 Å². The maximum atomic E-state index is 11.4. The first-order valence-electron chi connectivity index (χ1n) is 6.07. The average molecular weight is 296 g/mol. The second kappa shape index (κ2) is 7.16. The van der Waals surface area contributed by atoms with E-state index in [2.05, 4.69) is 4.99 Å². The second-order valence-corrected chi connectivity index (χ2v) is 5.89. The van der Waals surface area contributed by atoms with E-state index in [4.69, 9.17) is 21.9 Å². The molecule has 0 aliphatic heterocycles. The Morgan fingerprint density at radius 3 is 2.70 bits per heavy atom. The third-order valence-corrected chi connectivity index (χ3v) is 3.12. The van der Waals surface area contributed by atoms with E-state index in [0.29, 0.717) is 12.3 Å². The van der Waals surface area contributed by atoms with Gasteiger partial charge in [0, 0.05) is 17.2 Å². The van der Waals surface area contributed by atoms with E-state index in [0.717, 1.165) is 10.5 Å². The van der Waals surface area contributed by atoms with Gasteiger partial charge in [-0.3, -0.25) is 0 Å². The molecule has 0 aliphatic carbocycles. The van der Waals surface area contributed by atoms with Crippen molar-refractivity contribution in [3.8, 4) is 0 Å². The number of benzene rings is 1. The van der Waals surface area contributed by atoms with Crippen LogP contribution in [0.25, 0.3) is 0 Å². The first-order valence-corrected chi connectivity index (χ1v) is 7.05. The van der Waals surface area contributed by atoms with Crippen LogP contribution in [-0.2, 0) is 11.2 Å². The molecule has 1 amide bonds. The van der Waals surface area contributed by atoms with Gasteiger partial charge in [-0.1, -0.05) is 12.1 Å². The largest absolute Gasteiger partial charge is 0.441 e. The Labute approximate surface area is 122 Å². The summed E-state index contributed by atoms with van der Waals surface area (Å²) in [5.41, 5.74) is 16.1. The van der Waals surface area contributed by atoms with E-state index < -0.39 is 11.7 Å². The molecule has 0 radical (unpaired) electrons. The quantitative estimate of drug-likeness (QED) is 0.327. The lowest BCUT2D eigenvalue weighted by Crippen LogP contribution is -2.31.